The Kier molecular flexibility index (Phi) is 34.0. The number of aromatic nitrogens is 1. The van der Waals surface area contributed by atoms with Crippen molar-refractivity contribution in [2.24, 2.45) is 72.5 Å². The molecular formula is C71H106N24O13. The molecule has 0 spiro atoms. The Labute approximate surface area is 625 Å². The fourth-order valence-electron chi connectivity index (χ4n) is 12.4. The molecule has 12 atom stereocenters. The normalized spacial score (nSPS) is 18.9. The lowest BCUT2D eigenvalue weighted by molar-refractivity contribution is -0.142. The van der Waals surface area contributed by atoms with Gasteiger partial charge in [0.2, 0.25) is 70.9 Å². The average molecular weight is 1500 g/mol. The number of phenols is 1. The Bertz CT molecular complexity index is 3820. The van der Waals surface area contributed by atoms with Crippen molar-refractivity contribution in [1.29, 1.82) is 0 Å². The number of phenolic OH excluding ortho intramolecular Hbond substituents is 1. The van der Waals surface area contributed by atoms with Crippen LogP contribution in [0.2, 0.25) is 0 Å². The number of para-hydroxylation sites is 1. The van der Waals surface area contributed by atoms with Crippen molar-refractivity contribution in [2.75, 3.05) is 39.3 Å². The minimum Gasteiger partial charge on any atom is -0.508 e. The van der Waals surface area contributed by atoms with Crippen LogP contribution in [0.25, 0.3) is 10.9 Å². The summed E-state index contributed by atoms with van der Waals surface area (Å²) in [6, 6.07) is 5.72. The Morgan fingerprint density at radius 2 is 1.16 bits per heavy atom. The minimum absolute atomic E-state index is 0.00185. The van der Waals surface area contributed by atoms with Crippen molar-refractivity contribution in [3.05, 3.63) is 102 Å². The zero-order valence-corrected chi connectivity index (χ0v) is 60.9. The molecule has 3 heterocycles. The molecule has 3 aromatic carbocycles. The summed E-state index contributed by atoms with van der Waals surface area (Å²) in [5, 5.41) is 37.4. The van der Waals surface area contributed by atoms with Crippen LogP contribution in [0.3, 0.4) is 0 Å². The third-order valence-electron chi connectivity index (χ3n) is 18.5. The molecule has 6 rings (SSSR count). The SMILES string of the molecule is CC[C@H](C)[C@H](NC(=O)[C@H](CCCN=C(N)N)NC(=O)[C@H](CCCN=C(N)N)NC(=O)[C@@H]1CNC(=O)C[C@@H](NC(=O)[C@@H](N)Cc2ccc(O)cc2)C(=O)N[C@@H](Cc2c[nH]c3ccccc23)C(=O)N[C@@H](Cc2ccccc2)C(=O)N1)C(=O)N[C@@H](CCCN=C(N)N)C(=O)N1CCC[C@H]1C(=O)N[C@@H](CCCCN)C(N)=O. The van der Waals surface area contributed by atoms with Crippen molar-refractivity contribution in [2.45, 2.75) is 183 Å². The Morgan fingerprint density at radius 1 is 0.602 bits per heavy atom. The van der Waals surface area contributed by atoms with E-state index in [0.29, 0.717) is 53.4 Å². The molecule has 2 aliphatic rings. The monoisotopic (exact) mass is 1500 g/mol. The fourth-order valence-corrected chi connectivity index (χ4v) is 12.4. The second-order valence-electron chi connectivity index (χ2n) is 26.8. The van der Waals surface area contributed by atoms with Gasteiger partial charge in [0.25, 0.3) is 0 Å². The number of benzene rings is 3. The van der Waals surface area contributed by atoms with Crippen molar-refractivity contribution in [3.8, 4) is 5.75 Å². The number of fused-ring (bicyclic) bond motifs is 1. The van der Waals surface area contributed by atoms with E-state index in [1.807, 2.05) is 0 Å². The fraction of sp³-hybridized carbons (Fsp3) is 0.507. The standard InChI is InChI=1S/C71H106N24O13/c1-3-39(2)57(67(107)89-50(22-13-31-83-71(79)80)68(108)95-32-14-23-55(95)66(106)86-47(58(74)98)19-9-10-28-72)94-61(101)49(21-12-30-82-70(77)78)87-60(100)48(20-11-29-81-69(75)76)88-65(105)54-38-85-56(97)36-53(90-59(99)45(73)33-41-24-26-43(96)27-25-41)64(104)92-52(35-42-37-84-46-18-8-7-17-44(42)46)63(103)91-51(62(102)93-54)34-40-15-5-4-6-16-40/h4-8,15-18,24-27,37,39,45,47-55,57,84,96H,3,9-14,19-23,28-36,38,72-73H2,1-2H3,(H2,74,98)(H,85,97)(H,86,106)(H,87,100)(H,88,105)(H,89,107)(H,90,99)(H,91,103)(H,92,104)(H,93,102)(H,94,101)(H4,75,76,81)(H4,77,78,82)(H4,79,80,83)/t39-,45-,47-,48-,49-,50-,51-,52-,53+,54-,55-,57-/m0/s1. The predicted octanol–water partition coefficient (Wildman–Crippen LogP) is -5.08. The van der Waals surface area contributed by atoms with Gasteiger partial charge in [0.05, 0.1) is 12.5 Å². The van der Waals surface area contributed by atoms with E-state index in [4.69, 9.17) is 51.6 Å². The third-order valence-corrected chi connectivity index (χ3v) is 18.5. The largest absolute Gasteiger partial charge is 0.508 e. The zero-order chi connectivity index (χ0) is 79.0. The molecule has 0 radical (unpaired) electrons. The van der Waals surface area contributed by atoms with Gasteiger partial charge in [0, 0.05) is 62.7 Å². The molecule has 108 heavy (non-hydrogen) atoms. The summed E-state index contributed by atoms with van der Waals surface area (Å²) in [5.74, 6) is -12.1. The van der Waals surface area contributed by atoms with Crippen LogP contribution in [0.15, 0.2) is 100 Å². The second-order valence-corrected chi connectivity index (χ2v) is 26.8. The van der Waals surface area contributed by atoms with Crippen molar-refractivity contribution >= 4 is 99.7 Å². The quantitative estimate of drug-likeness (QED) is 0.0113. The van der Waals surface area contributed by atoms with E-state index < -0.39 is 156 Å². The number of H-pyrrole nitrogens is 1. The lowest BCUT2D eigenvalue weighted by atomic mass is 9.96. The summed E-state index contributed by atoms with van der Waals surface area (Å²) in [6.07, 6.45) is 2.24. The number of rotatable bonds is 38. The summed E-state index contributed by atoms with van der Waals surface area (Å²) >= 11 is 0. The molecular weight excluding hydrogens is 1400 g/mol. The molecule has 1 aromatic heterocycles. The van der Waals surface area contributed by atoms with Gasteiger partial charge in [-0.2, -0.15) is 0 Å². The van der Waals surface area contributed by atoms with E-state index in [9.17, 15) is 53.1 Å². The van der Waals surface area contributed by atoms with Crippen LogP contribution in [0.4, 0.5) is 0 Å². The summed E-state index contributed by atoms with van der Waals surface area (Å²) in [7, 11) is 0. The van der Waals surface area contributed by atoms with Gasteiger partial charge in [-0.15, -0.1) is 0 Å². The van der Waals surface area contributed by atoms with Gasteiger partial charge < -0.3 is 120 Å². The van der Waals surface area contributed by atoms with Crippen LogP contribution in [-0.2, 0) is 76.8 Å². The number of carbonyl (C=O) groups is 12. The molecule has 0 aliphatic carbocycles. The molecule has 0 bridgehead atoms. The van der Waals surface area contributed by atoms with Gasteiger partial charge in [0.15, 0.2) is 17.9 Å². The highest BCUT2D eigenvalue weighted by Gasteiger charge is 2.42. The smallest absolute Gasteiger partial charge is 0.245 e. The Hall–Kier alpha value is -11.6. The first-order chi connectivity index (χ1) is 51.5. The highest BCUT2D eigenvalue weighted by atomic mass is 16.3. The van der Waals surface area contributed by atoms with Gasteiger partial charge in [-0.25, -0.2) is 0 Å². The number of carbonyl (C=O) groups excluding carboxylic acids is 12. The number of likely N-dealkylation sites (tertiary alicyclic amines) is 1. The Morgan fingerprint density at radius 3 is 1.78 bits per heavy atom. The number of nitrogens with zero attached hydrogens (tertiary/aromatic N) is 4. The maximum atomic E-state index is 15.1. The van der Waals surface area contributed by atoms with Gasteiger partial charge in [-0.3, -0.25) is 72.5 Å². The van der Waals surface area contributed by atoms with Crippen LogP contribution in [-0.4, -0.2) is 209 Å². The Balaban J connectivity index is 1.32. The molecule has 0 saturated carbocycles. The number of guanidine groups is 3. The lowest BCUT2D eigenvalue weighted by Crippen LogP contribution is -2.63. The molecule has 12 amide bonds. The predicted molar refractivity (Wildman–Crippen MR) is 403 cm³/mol. The maximum absolute atomic E-state index is 15.1. The van der Waals surface area contributed by atoms with Gasteiger partial charge >= 0.3 is 0 Å². The first kappa shape index (κ1) is 85.3. The number of nitrogens with two attached hydrogens (primary N) is 9. The van der Waals surface area contributed by atoms with E-state index in [1.165, 1.54) is 17.0 Å². The topological polar surface area (TPSA) is 636 Å². The lowest BCUT2D eigenvalue weighted by Gasteiger charge is -2.32. The van der Waals surface area contributed by atoms with Gasteiger partial charge in [-0.05, 0) is 124 Å². The number of amides is 12. The highest BCUT2D eigenvalue weighted by Crippen LogP contribution is 2.23. The summed E-state index contributed by atoms with van der Waals surface area (Å²) < 4.78 is 0. The number of hydrogen-bond acceptors (Lipinski definition) is 18. The summed E-state index contributed by atoms with van der Waals surface area (Å²) in [5.41, 5.74) is 53.9. The van der Waals surface area contributed by atoms with Gasteiger partial charge in [0.1, 0.15) is 66.2 Å². The van der Waals surface area contributed by atoms with Crippen LogP contribution in [0.5, 0.6) is 5.75 Å². The van der Waals surface area contributed by atoms with Crippen molar-refractivity contribution in [1.82, 2.24) is 63.1 Å². The van der Waals surface area contributed by atoms with E-state index in [2.05, 4.69) is 73.1 Å². The van der Waals surface area contributed by atoms with Crippen LogP contribution in [0.1, 0.15) is 114 Å². The van der Waals surface area contributed by atoms with E-state index >= 15 is 9.59 Å². The second kappa shape index (κ2) is 43.1. The van der Waals surface area contributed by atoms with E-state index in [1.54, 1.807) is 86.8 Å². The van der Waals surface area contributed by atoms with Crippen molar-refractivity contribution in [3.63, 3.8) is 0 Å². The zero-order valence-electron chi connectivity index (χ0n) is 60.9. The van der Waals surface area contributed by atoms with Crippen LogP contribution < -0.4 is 105 Å². The highest BCUT2D eigenvalue weighted by molar-refractivity contribution is 6.01. The van der Waals surface area contributed by atoms with Gasteiger partial charge in [-0.1, -0.05) is 80.9 Å². The molecule has 2 saturated heterocycles. The molecule has 2 aliphatic heterocycles. The number of primary amides is 1. The van der Waals surface area contributed by atoms with Crippen LogP contribution >= 0.6 is 0 Å². The molecule has 37 heteroatoms. The number of aromatic amines is 1. The number of hydrogen-bond donors (Lipinski definition) is 21. The van der Waals surface area contributed by atoms with E-state index in [0.717, 1.165) is 0 Å². The molecule has 4 aromatic rings. The molecule has 37 nitrogen and oxygen atoms in total. The minimum atomic E-state index is -1.80. The number of aromatic hydroxyl groups is 1. The van der Waals surface area contributed by atoms with E-state index in [-0.39, 0.29) is 127 Å². The molecule has 30 N–H and O–H groups in total. The van der Waals surface area contributed by atoms with Crippen LogP contribution in [0, 0.1) is 5.92 Å². The molecule has 0 unspecified atom stereocenters. The number of unbranched alkanes of at least 4 members (excludes halogenated alkanes) is 1. The number of nitrogens with one attached hydrogen (secondary N) is 11. The first-order valence-corrected chi connectivity index (χ1v) is 36.1. The summed E-state index contributed by atoms with van der Waals surface area (Å²) in [6.45, 7) is 3.03. The van der Waals surface area contributed by atoms with Crippen molar-refractivity contribution < 1.29 is 62.6 Å². The molecule has 2 fully saturated rings. The third kappa shape index (κ3) is 27.4. The maximum Gasteiger partial charge on any atom is 0.245 e. The number of aliphatic imine (C=N–C) groups is 3. The average Bonchev–Trinajstić information content (AvgIpc) is 1.59. The summed E-state index contributed by atoms with van der Waals surface area (Å²) in [4.78, 5) is 190. The molecule has 588 valence electrons. The first-order valence-electron chi connectivity index (χ1n) is 36.1.